The van der Waals surface area contributed by atoms with E-state index in [0.29, 0.717) is 39.7 Å². The van der Waals surface area contributed by atoms with Crippen LogP contribution in [-0.2, 0) is 0 Å². The van der Waals surface area contributed by atoms with Crippen molar-refractivity contribution in [3.05, 3.63) is 47.9 Å². The predicted octanol–water partition coefficient (Wildman–Crippen LogP) is 3.82. The van der Waals surface area contributed by atoms with Gasteiger partial charge in [-0.2, -0.15) is 5.26 Å². The Kier molecular flexibility index (Phi) is 5.00. The third-order valence-corrected chi connectivity index (χ3v) is 4.72. The summed E-state index contributed by atoms with van der Waals surface area (Å²) in [4.78, 5) is 4.58. The highest BCUT2D eigenvalue weighted by molar-refractivity contribution is 5.83. The van der Waals surface area contributed by atoms with Crippen LogP contribution in [0.1, 0.15) is 5.56 Å². The van der Waals surface area contributed by atoms with Gasteiger partial charge in [-0.15, -0.1) is 0 Å². The second kappa shape index (κ2) is 7.79. The van der Waals surface area contributed by atoms with Crippen LogP contribution in [0.2, 0.25) is 0 Å². The highest BCUT2D eigenvalue weighted by atomic mass is 19.1. The molecule has 0 radical (unpaired) electrons. The summed E-state index contributed by atoms with van der Waals surface area (Å²) in [7, 11) is 4.25. The molecule has 2 heterocycles. The molecule has 3 N–H and O–H groups in total. The fraction of sp³-hybridized carbons (Fsp3) is 0.143. The van der Waals surface area contributed by atoms with Gasteiger partial charge in [0.1, 0.15) is 17.3 Å². The molecular weight excluding hydrogens is 405 g/mol. The van der Waals surface area contributed by atoms with Gasteiger partial charge in [0, 0.05) is 23.5 Å². The average molecular weight is 423 g/mol. The zero-order valence-corrected chi connectivity index (χ0v) is 16.9. The van der Waals surface area contributed by atoms with Crippen molar-refractivity contribution in [2.24, 2.45) is 0 Å². The Morgan fingerprint density at radius 1 is 1.13 bits per heavy atom. The van der Waals surface area contributed by atoms with Crippen LogP contribution < -0.4 is 19.5 Å². The molecule has 2 aromatic carbocycles. The first-order chi connectivity index (χ1) is 15.0. The van der Waals surface area contributed by atoms with Crippen LogP contribution in [0.15, 0.2) is 36.5 Å². The monoisotopic (exact) mass is 423 g/mol. The molecule has 0 amide bonds. The number of ether oxygens (including phenoxy) is 3. The maximum atomic E-state index is 13.8. The Balaban J connectivity index is 1.91. The zero-order valence-electron chi connectivity index (χ0n) is 16.9. The SMILES string of the molecule is COc1cc(Nc2c(-c3cc(O)c(OC)c(OC)c3)nc3c(C#N)c[nH]n23)ccc1F. The van der Waals surface area contributed by atoms with Crippen LogP contribution >= 0.6 is 0 Å². The van der Waals surface area contributed by atoms with Gasteiger partial charge in [-0.25, -0.2) is 13.9 Å². The molecule has 10 heteroatoms. The molecule has 31 heavy (non-hydrogen) atoms. The van der Waals surface area contributed by atoms with E-state index < -0.39 is 5.82 Å². The van der Waals surface area contributed by atoms with Crippen LogP contribution in [0, 0.1) is 17.1 Å². The number of methoxy groups -OCH3 is 3. The number of nitrogens with zero attached hydrogens (tertiary/aromatic N) is 3. The summed E-state index contributed by atoms with van der Waals surface area (Å²) < 4.78 is 31.0. The van der Waals surface area contributed by atoms with Gasteiger partial charge in [-0.1, -0.05) is 0 Å². The molecule has 4 aromatic rings. The summed E-state index contributed by atoms with van der Waals surface area (Å²) in [6, 6.07) is 9.53. The number of nitrogens with one attached hydrogen (secondary N) is 2. The number of fused-ring (bicyclic) bond motifs is 1. The maximum Gasteiger partial charge on any atom is 0.203 e. The minimum absolute atomic E-state index is 0.0697. The molecule has 0 unspecified atom stereocenters. The number of anilines is 2. The number of aromatic amines is 1. The van der Waals surface area contributed by atoms with Gasteiger partial charge in [0.15, 0.2) is 34.5 Å². The molecule has 0 spiro atoms. The number of aromatic hydroxyl groups is 1. The number of imidazole rings is 1. The van der Waals surface area contributed by atoms with E-state index in [0.717, 1.165) is 0 Å². The lowest BCUT2D eigenvalue weighted by atomic mass is 10.1. The molecule has 0 bridgehead atoms. The average Bonchev–Trinajstić information content (AvgIpc) is 3.34. The van der Waals surface area contributed by atoms with Crippen LogP contribution in [0.3, 0.4) is 0 Å². The highest BCUT2D eigenvalue weighted by Crippen LogP contribution is 2.42. The Bertz CT molecular complexity index is 1320. The normalized spacial score (nSPS) is 10.7. The van der Waals surface area contributed by atoms with Crippen molar-refractivity contribution in [3.63, 3.8) is 0 Å². The molecule has 0 saturated heterocycles. The van der Waals surface area contributed by atoms with Crippen molar-refractivity contribution in [3.8, 4) is 40.3 Å². The molecule has 0 aliphatic heterocycles. The minimum Gasteiger partial charge on any atom is -0.504 e. The summed E-state index contributed by atoms with van der Waals surface area (Å²) >= 11 is 0. The number of halogens is 1. The highest BCUT2D eigenvalue weighted by Gasteiger charge is 2.22. The van der Waals surface area contributed by atoms with Gasteiger partial charge < -0.3 is 24.6 Å². The summed E-state index contributed by atoms with van der Waals surface area (Å²) in [6.07, 6.45) is 1.52. The second-order valence-electron chi connectivity index (χ2n) is 6.47. The number of phenols is 1. The fourth-order valence-corrected chi connectivity index (χ4v) is 3.27. The molecular formula is C21H18FN5O4. The molecule has 158 valence electrons. The number of hydrogen-bond acceptors (Lipinski definition) is 7. The summed E-state index contributed by atoms with van der Waals surface area (Å²) in [5.41, 5.74) is 2.16. The topological polar surface area (TPSA) is 117 Å². The van der Waals surface area contributed by atoms with E-state index in [2.05, 4.69) is 21.5 Å². The lowest BCUT2D eigenvalue weighted by molar-refractivity contribution is 0.333. The first-order valence-electron chi connectivity index (χ1n) is 9.06. The predicted molar refractivity (Wildman–Crippen MR) is 111 cm³/mol. The van der Waals surface area contributed by atoms with E-state index in [-0.39, 0.29) is 17.2 Å². The molecule has 2 aromatic heterocycles. The van der Waals surface area contributed by atoms with Crippen LogP contribution in [0.25, 0.3) is 16.9 Å². The van der Waals surface area contributed by atoms with Crippen molar-refractivity contribution in [1.29, 1.82) is 5.26 Å². The standard InChI is InChI=1S/C21H18FN5O4/c1-29-16-8-13(4-5-14(16)22)25-21-18(26-20-12(9-23)10-24-27(20)21)11-6-15(28)19(31-3)17(7-11)30-2/h4-8,10,24-25,28H,1-3H3. The third-order valence-electron chi connectivity index (χ3n) is 4.72. The molecule has 0 atom stereocenters. The van der Waals surface area contributed by atoms with E-state index in [1.165, 1.54) is 45.7 Å². The fourth-order valence-electron chi connectivity index (χ4n) is 3.27. The van der Waals surface area contributed by atoms with Crippen LogP contribution in [0.5, 0.6) is 23.0 Å². The van der Waals surface area contributed by atoms with E-state index >= 15 is 0 Å². The van der Waals surface area contributed by atoms with Gasteiger partial charge in [-0.05, 0) is 24.3 Å². The van der Waals surface area contributed by atoms with Crippen LogP contribution in [-0.4, -0.2) is 41.0 Å². The quantitative estimate of drug-likeness (QED) is 0.432. The van der Waals surface area contributed by atoms with Gasteiger partial charge in [0.05, 0.1) is 21.3 Å². The first kappa shape index (κ1) is 19.9. The van der Waals surface area contributed by atoms with Gasteiger partial charge in [-0.3, -0.25) is 5.10 Å². The van der Waals surface area contributed by atoms with E-state index in [4.69, 9.17) is 14.2 Å². The number of aromatic nitrogens is 3. The second-order valence-corrected chi connectivity index (χ2v) is 6.47. The zero-order chi connectivity index (χ0) is 22.1. The van der Waals surface area contributed by atoms with Crippen LogP contribution in [0.4, 0.5) is 15.9 Å². The first-order valence-corrected chi connectivity index (χ1v) is 9.06. The molecule has 4 rings (SSSR count). The maximum absolute atomic E-state index is 13.8. The van der Waals surface area contributed by atoms with Crippen molar-refractivity contribution < 1.29 is 23.7 Å². The Morgan fingerprint density at radius 2 is 1.90 bits per heavy atom. The van der Waals surface area contributed by atoms with Gasteiger partial charge >= 0.3 is 0 Å². The summed E-state index contributed by atoms with van der Waals surface area (Å²) in [5, 5.41) is 25.9. The molecule has 0 saturated carbocycles. The van der Waals surface area contributed by atoms with E-state index in [1.54, 1.807) is 16.6 Å². The molecule has 0 fully saturated rings. The number of H-pyrrole nitrogens is 1. The Labute approximate surface area is 176 Å². The number of benzene rings is 2. The van der Waals surface area contributed by atoms with Crippen molar-refractivity contribution in [2.45, 2.75) is 0 Å². The van der Waals surface area contributed by atoms with Crippen molar-refractivity contribution in [2.75, 3.05) is 26.6 Å². The lowest BCUT2D eigenvalue weighted by Crippen LogP contribution is -1.99. The number of hydrogen-bond donors (Lipinski definition) is 3. The minimum atomic E-state index is -0.497. The number of phenolic OH excluding ortho intramolecular Hbond substituents is 1. The van der Waals surface area contributed by atoms with E-state index in [9.17, 15) is 14.8 Å². The lowest BCUT2D eigenvalue weighted by Gasteiger charge is -2.13. The summed E-state index contributed by atoms with van der Waals surface area (Å²) in [6.45, 7) is 0. The van der Waals surface area contributed by atoms with Crippen molar-refractivity contribution in [1.82, 2.24) is 14.6 Å². The van der Waals surface area contributed by atoms with E-state index in [1.807, 2.05) is 0 Å². The third kappa shape index (κ3) is 3.32. The Hall–Kier alpha value is -4.39. The van der Waals surface area contributed by atoms with Crippen molar-refractivity contribution >= 4 is 17.2 Å². The number of nitriles is 1. The largest absolute Gasteiger partial charge is 0.504 e. The Morgan fingerprint density at radius 3 is 2.58 bits per heavy atom. The summed E-state index contributed by atoms with van der Waals surface area (Å²) in [5.74, 6) is 0.388. The molecule has 0 aliphatic rings. The van der Waals surface area contributed by atoms with Gasteiger partial charge in [0.2, 0.25) is 5.75 Å². The number of rotatable bonds is 6. The molecule has 0 aliphatic carbocycles. The molecule has 9 nitrogen and oxygen atoms in total. The smallest absolute Gasteiger partial charge is 0.203 e. The van der Waals surface area contributed by atoms with Gasteiger partial charge in [0.25, 0.3) is 0 Å².